The first kappa shape index (κ1) is 20.6. The van der Waals surface area contributed by atoms with E-state index in [0.29, 0.717) is 23.4 Å². The molecule has 0 atom stereocenters. The number of benzene rings is 1. The minimum atomic E-state index is -3.55. The first-order chi connectivity index (χ1) is 12.5. The molecule has 0 unspecified atom stereocenters. The van der Waals surface area contributed by atoms with Crippen molar-refractivity contribution in [1.29, 1.82) is 0 Å². The predicted molar refractivity (Wildman–Crippen MR) is 107 cm³/mol. The molecule has 1 aliphatic carbocycles. The van der Waals surface area contributed by atoms with Crippen LogP contribution in [0.2, 0.25) is 0 Å². The largest absolute Gasteiger partial charge is 0.339 e. The zero-order valence-corrected chi connectivity index (χ0v) is 17.1. The van der Waals surface area contributed by atoms with Crippen LogP contribution in [0.1, 0.15) is 42.5 Å². The number of nitrogens with zero attached hydrogens (tertiary/aromatic N) is 1. The lowest BCUT2D eigenvalue weighted by Crippen LogP contribution is -2.44. The topological polar surface area (TPSA) is 78.5 Å². The normalized spacial score (nSPS) is 21.9. The average Bonchev–Trinajstić information content (AvgIpc) is 3.39. The third-order valence-electron chi connectivity index (χ3n) is 6.09. The molecule has 3 fully saturated rings. The molecule has 8 heteroatoms. The van der Waals surface area contributed by atoms with Crippen LogP contribution in [0.4, 0.5) is 0 Å². The zero-order valence-electron chi connectivity index (χ0n) is 15.4. The van der Waals surface area contributed by atoms with Gasteiger partial charge in [0.1, 0.15) is 0 Å². The second kappa shape index (κ2) is 8.07. The molecule has 1 spiro atoms. The first-order valence-corrected chi connectivity index (χ1v) is 11.1. The van der Waals surface area contributed by atoms with Crippen LogP contribution >= 0.6 is 12.4 Å². The van der Waals surface area contributed by atoms with Gasteiger partial charge in [-0.05, 0) is 68.2 Å². The molecule has 1 amide bonds. The number of hydrogen-bond donors (Lipinski definition) is 2. The van der Waals surface area contributed by atoms with E-state index in [2.05, 4.69) is 10.0 Å². The zero-order chi connectivity index (χ0) is 18.2. The summed E-state index contributed by atoms with van der Waals surface area (Å²) in [7, 11) is -3.55. The van der Waals surface area contributed by atoms with E-state index in [1.807, 2.05) is 4.90 Å². The average molecular weight is 414 g/mol. The molecule has 2 saturated heterocycles. The SMILES string of the molecule is Cl.O=C(c1cccc(S(=O)(=O)NCC2CC2)c1)N1CCC2(CCNC2)CC1. The van der Waals surface area contributed by atoms with Crippen LogP contribution in [-0.2, 0) is 10.0 Å². The summed E-state index contributed by atoms with van der Waals surface area (Å²) in [5, 5.41) is 3.43. The van der Waals surface area contributed by atoms with E-state index in [1.165, 1.54) is 12.5 Å². The van der Waals surface area contributed by atoms with Gasteiger partial charge in [0.25, 0.3) is 5.91 Å². The fourth-order valence-electron chi connectivity index (χ4n) is 4.02. The molecular weight excluding hydrogens is 386 g/mol. The molecule has 2 N–H and O–H groups in total. The molecule has 3 aliphatic rings. The molecule has 1 aromatic rings. The van der Waals surface area contributed by atoms with Gasteiger partial charge in [-0.3, -0.25) is 4.79 Å². The van der Waals surface area contributed by atoms with Crippen LogP contribution in [0.25, 0.3) is 0 Å². The van der Waals surface area contributed by atoms with E-state index in [-0.39, 0.29) is 23.2 Å². The minimum Gasteiger partial charge on any atom is -0.339 e. The highest BCUT2D eigenvalue weighted by atomic mass is 35.5. The molecule has 0 aromatic heterocycles. The van der Waals surface area contributed by atoms with E-state index in [1.54, 1.807) is 18.2 Å². The third kappa shape index (κ3) is 4.65. The molecule has 0 radical (unpaired) electrons. The second-order valence-corrected chi connectivity index (χ2v) is 9.81. The highest BCUT2D eigenvalue weighted by molar-refractivity contribution is 7.89. The monoisotopic (exact) mass is 413 g/mol. The highest BCUT2D eigenvalue weighted by Crippen LogP contribution is 2.37. The summed E-state index contributed by atoms with van der Waals surface area (Å²) in [5.41, 5.74) is 0.814. The fraction of sp³-hybridized carbons (Fsp3) is 0.632. The quantitative estimate of drug-likeness (QED) is 0.774. The van der Waals surface area contributed by atoms with Crippen molar-refractivity contribution in [3.63, 3.8) is 0 Å². The van der Waals surface area contributed by atoms with E-state index >= 15 is 0 Å². The van der Waals surface area contributed by atoms with Crippen molar-refractivity contribution in [3.8, 4) is 0 Å². The number of carbonyl (C=O) groups is 1. The molecule has 2 heterocycles. The molecule has 6 nitrogen and oxygen atoms in total. The van der Waals surface area contributed by atoms with Gasteiger partial charge in [-0.1, -0.05) is 6.07 Å². The van der Waals surface area contributed by atoms with Gasteiger partial charge >= 0.3 is 0 Å². The Bertz CT molecular complexity index is 779. The summed E-state index contributed by atoms with van der Waals surface area (Å²) in [6.45, 7) is 4.11. The summed E-state index contributed by atoms with van der Waals surface area (Å²) in [5.74, 6) is 0.408. The minimum absolute atomic E-state index is 0. The number of piperidine rings is 1. The van der Waals surface area contributed by atoms with Crippen LogP contribution in [0, 0.1) is 11.3 Å². The summed E-state index contributed by atoms with van der Waals surface area (Å²) < 4.78 is 27.5. The van der Waals surface area contributed by atoms with Crippen molar-refractivity contribution in [2.45, 2.75) is 37.0 Å². The Morgan fingerprint density at radius 1 is 1.22 bits per heavy atom. The van der Waals surface area contributed by atoms with E-state index < -0.39 is 10.0 Å². The van der Waals surface area contributed by atoms with Gasteiger partial charge in [0.2, 0.25) is 10.0 Å². The lowest BCUT2D eigenvalue weighted by Gasteiger charge is -2.38. The maximum atomic E-state index is 12.9. The van der Waals surface area contributed by atoms with Crippen molar-refractivity contribution in [2.24, 2.45) is 11.3 Å². The van der Waals surface area contributed by atoms with Crippen molar-refractivity contribution >= 4 is 28.3 Å². The third-order valence-corrected chi connectivity index (χ3v) is 7.51. The van der Waals surface area contributed by atoms with Gasteiger partial charge in [0.15, 0.2) is 0 Å². The molecule has 150 valence electrons. The van der Waals surface area contributed by atoms with Crippen molar-refractivity contribution < 1.29 is 13.2 Å². The summed E-state index contributed by atoms with van der Waals surface area (Å²) >= 11 is 0. The lowest BCUT2D eigenvalue weighted by atomic mass is 9.78. The maximum Gasteiger partial charge on any atom is 0.253 e. The Kier molecular flexibility index (Phi) is 6.15. The molecule has 1 saturated carbocycles. The summed E-state index contributed by atoms with van der Waals surface area (Å²) in [6.07, 6.45) is 5.41. The van der Waals surface area contributed by atoms with Crippen molar-refractivity contribution in [1.82, 2.24) is 14.9 Å². The van der Waals surface area contributed by atoms with Crippen LogP contribution < -0.4 is 10.0 Å². The van der Waals surface area contributed by atoms with Crippen LogP contribution in [0.5, 0.6) is 0 Å². The molecule has 1 aromatic carbocycles. The van der Waals surface area contributed by atoms with E-state index in [4.69, 9.17) is 0 Å². The Morgan fingerprint density at radius 3 is 2.59 bits per heavy atom. The van der Waals surface area contributed by atoms with Gasteiger partial charge < -0.3 is 10.2 Å². The number of amides is 1. The number of sulfonamides is 1. The number of carbonyl (C=O) groups excluding carboxylic acids is 1. The number of rotatable bonds is 5. The smallest absolute Gasteiger partial charge is 0.253 e. The lowest BCUT2D eigenvalue weighted by molar-refractivity contribution is 0.0607. The Labute approximate surface area is 167 Å². The number of likely N-dealkylation sites (tertiary alicyclic amines) is 1. The Morgan fingerprint density at radius 2 is 1.96 bits per heavy atom. The number of halogens is 1. The van der Waals surface area contributed by atoms with Gasteiger partial charge in [-0.15, -0.1) is 12.4 Å². The molecule has 4 rings (SSSR count). The van der Waals surface area contributed by atoms with Gasteiger partial charge in [-0.25, -0.2) is 13.1 Å². The predicted octanol–water partition coefficient (Wildman–Crippen LogP) is 2.01. The molecule has 27 heavy (non-hydrogen) atoms. The van der Waals surface area contributed by atoms with Gasteiger partial charge in [-0.2, -0.15) is 0 Å². The first-order valence-electron chi connectivity index (χ1n) is 9.57. The van der Waals surface area contributed by atoms with Gasteiger partial charge in [0.05, 0.1) is 4.90 Å². The number of nitrogens with one attached hydrogen (secondary N) is 2. The molecule has 0 bridgehead atoms. The highest BCUT2D eigenvalue weighted by Gasteiger charge is 2.38. The van der Waals surface area contributed by atoms with Crippen LogP contribution in [0.3, 0.4) is 0 Å². The Hall–Kier alpha value is -1.15. The molecule has 2 aliphatic heterocycles. The maximum absolute atomic E-state index is 12.9. The molecular formula is C19H28ClN3O3S. The van der Waals surface area contributed by atoms with Crippen molar-refractivity contribution in [3.05, 3.63) is 29.8 Å². The van der Waals surface area contributed by atoms with E-state index in [0.717, 1.165) is 51.9 Å². The van der Waals surface area contributed by atoms with E-state index in [9.17, 15) is 13.2 Å². The van der Waals surface area contributed by atoms with Gasteiger partial charge in [0, 0.05) is 31.7 Å². The Balaban J connectivity index is 0.00000210. The summed E-state index contributed by atoms with van der Waals surface area (Å²) in [6, 6.07) is 6.44. The van der Waals surface area contributed by atoms with Crippen LogP contribution in [0.15, 0.2) is 29.2 Å². The summed E-state index contributed by atoms with van der Waals surface area (Å²) in [4.78, 5) is 14.9. The standard InChI is InChI=1S/C19H27N3O3S.ClH/c23-18(22-10-7-19(8-11-22)6-9-20-14-19)16-2-1-3-17(12-16)26(24,25)21-13-15-4-5-15;/h1-3,12,15,20-21H,4-11,13-14H2;1H. The fourth-order valence-corrected chi connectivity index (χ4v) is 5.18. The number of hydrogen-bond acceptors (Lipinski definition) is 4. The van der Waals surface area contributed by atoms with Crippen molar-refractivity contribution in [2.75, 3.05) is 32.7 Å². The second-order valence-electron chi connectivity index (χ2n) is 8.04. The van der Waals surface area contributed by atoms with Crippen LogP contribution in [-0.4, -0.2) is 51.9 Å².